The second-order valence-electron chi connectivity index (χ2n) is 4.32. The maximum Gasteiger partial charge on any atom is 0.0581 e. The second-order valence-corrected chi connectivity index (χ2v) is 4.97. The zero-order valence-corrected chi connectivity index (χ0v) is 8.44. The summed E-state index contributed by atoms with van der Waals surface area (Å²) >= 11 is 6.15. The van der Waals surface area contributed by atoms with Crippen molar-refractivity contribution >= 4 is 11.6 Å². The van der Waals surface area contributed by atoms with Gasteiger partial charge in [-0.15, -0.1) is 11.6 Å². The van der Waals surface area contributed by atoms with Crippen LogP contribution in [0.4, 0.5) is 0 Å². The van der Waals surface area contributed by atoms with Gasteiger partial charge in [0.05, 0.1) is 6.10 Å². The van der Waals surface area contributed by atoms with Gasteiger partial charge in [-0.1, -0.05) is 0 Å². The lowest BCUT2D eigenvalue weighted by Gasteiger charge is -2.21. The topological polar surface area (TPSA) is 9.23 Å². The van der Waals surface area contributed by atoms with Gasteiger partial charge in [0, 0.05) is 12.0 Å². The number of halogens is 1. The van der Waals surface area contributed by atoms with Gasteiger partial charge in [-0.05, 0) is 44.4 Å². The number of ether oxygens (including phenoxy) is 1. The van der Waals surface area contributed by atoms with E-state index in [2.05, 4.69) is 6.92 Å². The number of rotatable bonds is 3. The molecule has 0 aromatic carbocycles. The Morgan fingerprint density at radius 1 is 1.58 bits per heavy atom. The van der Waals surface area contributed by atoms with Crippen molar-refractivity contribution in [2.75, 3.05) is 6.61 Å². The Labute approximate surface area is 79.4 Å². The largest absolute Gasteiger partial charge is 0.378 e. The fourth-order valence-electron chi connectivity index (χ4n) is 2.18. The fourth-order valence-corrected chi connectivity index (χ4v) is 2.49. The minimum Gasteiger partial charge on any atom is -0.378 e. The van der Waals surface area contributed by atoms with E-state index in [0.717, 1.165) is 6.61 Å². The van der Waals surface area contributed by atoms with Crippen LogP contribution < -0.4 is 0 Å². The molecular weight excluding hydrogens is 172 g/mol. The maximum absolute atomic E-state index is 6.15. The van der Waals surface area contributed by atoms with Crippen LogP contribution in [0, 0.1) is 5.41 Å². The first-order chi connectivity index (χ1) is 5.73. The summed E-state index contributed by atoms with van der Waals surface area (Å²) in [5.41, 5.74) is 0.455. The Balaban J connectivity index is 1.85. The molecule has 1 heterocycles. The molecule has 0 aromatic heterocycles. The Kier molecular flexibility index (Phi) is 2.35. The van der Waals surface area contributed by atoms with Crippen molar-refractivity contribution in [3.63, 3.8) is 0 Å². The summed E-state index contributed by atoms with van der Waals surface area (Å²) in [7, 11) is 0. The lowest BCUT2D eigenvalue weighted by molar-refractivity contribution is 0.0853. The van der Waals surface area contributed by atoms with Crippen molar-refractivity contribution in [3.8, 4) is 0 Å². The summed E-state index contributed by atoms with van der Waals surface area (Å²) in [5, 5.41) is 0.335. The summed E-state index contributed by atoms with van der Waals surface area (Å²) in [6.45, 7) is 3.10. The third-order valence-corrected chi connectivity index (χ3v) is 3.86. The number of alkyl halides is 1. The van der Waals surface area contributed by atoms with E-state index in [0.29, 0.717) is 16.9 Å². The molecule has 1 aliphatic heterocycles. The fraction of sp³-hybridized carbons (Fsp3) is 1.00. The molecule has 70 valence electrons. The van der Waals surface area contributed by atoms with Crippen molar-refractivity contribution in [1.82, 2.24) is 0 Å². The first-order valence-corrected chi connectivity index (χ1v) is 5.42. The zero-order chi connectivity index (χ0) is 8.60. The van der Waals surface area contributed by atoms with Crippen LogP contribution in [-0.4, -0.2) is 18.1 Å². The minimum absolute atomic E-state index is 0.335. The summed E-state index contributed by atoms with van der Waals surface area (Å²) in [6.07, 6.45) is 6.86. The van der Waals surface area contributed by atoms with Gasteiger partial charge in [0.15, 0.2) is 0 Å². The van der Waals surface area contributed by atoms with E-state index in [1.54, 1.807) is 0 Å². The predicted molar refractivity (Wildman–Crippen MR) is 50.6 cm³/mol. The first kappa shape index (κ1) is 8.83. The van der Waals surface area contributed by atoms with Crippen molar-refractivity contribution in [2.24, 2.45) is 5.41 Å². The van der Waals surface area contributed by atoms with E-state index in [4.69, 9.17) is 16.3 Å². The molecule has 1 nitrogen and oxygen atoms in total. The molecule has 0 N–H and O–H groups in total. The Hall–Kier alpha value is 0.250. The van der Waals surface area contributed by atoms with Gasteiger partial charge in [-0.3, -0.25) is 0 Å². The third kappa shape index (κ3) is 1.62. The Morgan fingerprint density at radius 2 is 2.33 bits per heavy atom. The van der Waals surface area contributed by atoms with Gasteiger partial charge in [-0.25, -0.2) is 0 Å². The van der Waals surface area contributed by atoms with Crippen molar-refractivity contribution < 1.29 is 4.74 Å². The predicted octanol–water partition coefficient (Wildman–Crippen LogP) is 2.96. The van der Waals surface area contributed by atoms with Crippen LogP contribution in [0.1, 0.15) is 39.0 Å². The van der Waals surface area contributed by atoms with Crippen LogP contribution in [0.25, 0.3) is 0 Å². The van der Waals surface area contributed by atoms with Gasteiger partial charge in [-0.2, -0.15) is 0 Å². The molecule has 0 radical (unpaired) electrons. The Morgan fingerprint density at radius 3 is 2.75 bits per heavy atom. The lowest BCUT2D eigenvalue weighted by atomic mass is 9.94. The van der Waals surface area contributed by atoms with Gasteiger partial charge < -0.3 is 4.74 Å². The minimum atomic E-state index is 0.335. The highest BCUT2D eigenvalue weighted by atomic mass is 35.5. The molecule has 1 saturated carbocycles. The average Bonchev–Trinajstić information content (AvgIpc) is 2.60. The van der Waals surface area contributed by atoms with Crippen molar-refractivity contribution in [2.45, 2.75) is 50.5 Å². The van der Waals surface area contributed by atoms with E-state index in [1.165, 1.54) is 32.1 Å². The summed E-state index contributed by atoms with van der Waals surface area (Å²) < 4.78 is 5.62. The molecular formula is C10H17ClO. The lowest BCUT2D eigenvalue weighted by Crippen LogP contribution is -2.20. The first-order valence-electron chi connectivity index (χ1n) is 4.99. The van der Waals surface area contributed by atoms with Crippen LogP contribution >= 0.6 is 11.6 Å². The second kappa shape index (κ2) is 3.19. The quantitative estimate of drug-likeness (QED) is 0.619. The molecule has 2 unspecified atom stereocenters. The van der Waals surface area contributed by atoms with E-state index in [9.17, 15) is 0 Å². The normalized spacial score (nSPS) is 35.0. The summed E-state index contributed by atoms with van der Waals surface area (Å²) in [4.78, 5) is 0. The smallest absolute Gasteiger partial charge is 0.0581 e. The van der Waals surface area contributed by atoms with Crippen LogP contribution in [0.15, 0.2) is 0 Å². The molecule has 2 aliphatic rings. The van der Waals surface area contributed by atoms with Gasteiger partial charge >= 0.3 is 0 Å². The van der Waals surface area contributed by atoms with Crippen LogP contribution in [-0.2, 0) is 4.74 Å². The SMILES string of the molecule is CC(Cl)C1(CC2CCCO2)CC1. The van der Waals surface area contributed by atoms with Gasteiger partial charge in [0.2, 0.25) is 0 Å². The van der Waals surface area contributed by atoms with Crippen LogP contribution in [0.3, 0.4) is 0 Å². The molecule has 2 rings (SSSR count). The molecule has 2 fully saturated rings. The standard InChI is InChI=1S/C10H17ClO/c1-8(11)10(4-5-10)7-9-3-2-6-12-9/h8-9H,2-7H2,1H3. The molecule has 2 atom stereocenters. The molecule has 1 aliphatic carbocycles. The van der Waals surface area contributed by atoms with Crippen LogP contribution in [0.5, 0.6) is 0 Å². The van der Waals surface area contributed by atoms with E-state index < -0.39 is 0 Å². The summed E-state index contributed by atoms with van der Waals surface area (Å²) in [5.74, 6) is 0. The van der Waals surface area contributed by atoms with Crippen molar-refractivity contribution in [3.05, 3.63) is 0 Å². The highest BCUT2D eigenvalue weighted by molar-refractivity contribution is 6.21. The highest BCUT2D eigenvalue weighted by Crippen LogP contribution is 2.55. The molecule has 0 amide bonds. The molecule has 12 heavy (non-hydrogen) atoms. The average molecular weight is 189 g/mol. The maximum atomic E-state index is 6.15. The van der Waals surface area contributed by atoms with Gasteiger partial charge in [0.25, 0.3) is 0 Å². The molecule has 0 spiro atoms. The summed E-state index contributed by atoms with van der Waals surface area (Å²) in [6, 6.07) is 0. The molecule has 0 aromatic rings. The third-order valence-electron chi connectivity index (χ3n) is 3.39. The number of hydrogen-bond donors (Lipinski definition) is 0. The highest BCUT2D eigenvalue weighted by Gasteiger charge is 2.48. The molecule has 1 saturated heterocycles. The van der Waals surface area contributed by atoms with E-state index >= 15 is 0 Å². The van der Waals surface area contributed by atoms with E-state index in [1.807, 2.05) is 0 Å². The Bertz CT molecular complexity index is 157. The van der Waals surface area contributed by atoms with Crippen LogP contribution in [0.2, 0.25) is 0 Å². The molecule has 0 bridgehead atoms. The van der Waals surface area contributed by atoms with Crippen molar-refractivity contribution in [1.29, 1.82) is 0 Å². The zero-order valence-electron chi connectivity index (χ0n) is 7.68. The monoisotopic (exact) mass is 188 g/mol. The number of hydrogen-bond acceptors (Lipinski definition) is 1. The van der Waals surface area contributed by atoms with Gasteiger partial charge in [0.1, 0.15) is 0 Å². The van der Waals surface area contributed by atoms with E-state index in [-0.39, 0.29) is 0 Å². The molecule has 2 heteroatoms.